The third kappa shape index (κ3) is 2.16. The van der Waals surface area contributed by atoms with Crippen LogP contribution in [0.3, 0.4) is 0 Å². The predicted molar refractivity (Wildman–Crippen MR) is 81.9 cm³/mol. The maximum absolute atomic E-state index is 12.1. The van der Waals surface area contributed by atoms with Crippen LogP contribution in [0.2, 0.25) is 0 Å². The zero-order valence-electron chi connectivity index (χ0n) is 13.1. The first kappa shape index (κ1) is 15.9. The molecule has 5 N–H and O–H groups in total. The van der Waals surface area contributed by atoms with E-state index in [0.717, 1.165) is 0 Å². The molecule has 1 fully saturated rings. The highest BCUT2D eigenvalue weighted by atomic mass is 16.6. The number of H-pyrrole nitrogens is 1. The zero-order chi connectivity index (χ0) is 16.9. The van der Waals surface area contributed by atoms with Gasteiger partial charge in [-0.2, -0.15) is 4.98 Å². The number of hydrogen-bond donors (Lipinski definition) is 4. The molecule has 0 spiro atoms. The highest BCUT2D eigenvalue weighted by Gasteiger charge is 2.54. The summed E-state index contributed by atoms with van der Waals surface area (Å²) in [5, 5.41) is 20.2. The average Bonchev–Trinajstić information content (AvgIpc) is 2.95. The van der Waals surface area contributed by atoms with Gasteiger partial charge in [0.2, 0.25) is 5.95 Å². The quantitative estimate of drug-likeness (QED) is 0.584. The van der Waals surface area contributed by atoms with Gasteiger partial charge in [0.1, 0.15) is 17.8 Å². The number of aliphatic hydroxyl groups excluding tert-OH is 2. The van der Waals surface area contributed by atoms with Gasteiger partial charge < -0.3 is 30.0 Å². The fraction of sp³-hybridized carbons (Fsp3) is 0.571. The summed E-state index contributed by atoms with van der Waals surface area (Å²) in [6.45, 7) is 3.09. The molecule has 0 bridgehead atoms. The minimum absolute atomic E-state index is 0.0155. The van der Waals surface area contributed by atoms with Crippen LogP contribution in [0.1, 0.15) is 18.7 Å². The lowest BCUT2D eigenvalue weighted by Crippen LogP contribution is -2.46. The second kappa shape index (κ2) is 5.31. The third-order valence-corrected chi connectivity index (χ3v) is 4.50. The minimum Gasteiger partial charge on any atom is -0.394 e. The number of nitrogens with zero attached hydrogens (tertiary/aromatic N) is 2. The van der Waals surface area contributed by atoms with Crippen molar-refractivity contribution in [1.29, 1.82) is 0 Å². The summed E-state index contributed by atoms with van der Waals surface area (Å²) in [6.07, 6.45) is -0.924. The van der Waals surface area contributed by atoms with Crippen LogP contribution >= 0.6 is 0 Å². The number of rotatable bonds is 3. The van der Waals surface area contributed by atoms with E-state index in [9.17, 15) is 15.0 Å². The highest BCUT2D eigenvalue weighted by molar-refractivity contribution is 5.80. The van der Waals surface area contributed by atoms with Crippen LogP contribution in [0.15, 0.2) is 11.0 Å². The first-order valence-electron chi connectivity index (χ1n) is 7.20. The van der Waals surface area contributed by atoms with Gasteiger partial charge in [0, 0.05) is 13.3 Å². The largest absolute Gasteiger partial charge is 0.394 e. The Labute approximate surface area is 131 Å². The van der Waals surface area contributed by atoms with Crippen LogP contribution in [0.4, 0.5) is 5.95 Å². The smallest absolute Gasteiger partial charge is 0.262 e. The van der Waals surface area contributed by atoms with E-state index < -0.39 is 24.0 Å². The number of methoxy groups -OCH3 is 1. The lowest BCUT2D eigenvalue weighted by Gasteiger charge is -2.31. The SMILES string of the molecule is COC1(C)C(O)[C@@H](CO)O[C@H]1n1cc(C)c2c(=O)[nH]c(N)nc21. The molecule has 0 amide bonds. The molecule has 0 saturated carbocycles. The van der Waals surface area contributed by atoms with E-state index in [4.69, 9.17) is 15.2 Å². The van der Waals surface area contributed by atoms with E-state index in [0.29, 0.717) is 16.6 Å². The monoisotopic (exact) mass is 324 g/mol. The van der Waals surface area contributed by atoms with E-state index in [2.05, 4.69) is 9.97 Å². The summed E-state index contributed by atoms with van der Waals surface area (Å²) in [5.74, 6) is -0.0155. The Kier molecular flexibility index (Phi) is 3.68. The van der Waals surface area contributed by atoms with Gasteiger partial charge in [0.15, 0.2) is 11.9 Å². The fourth-order valence-electron chi connectivity index (χ4n) is 3.13. The Bertz CT molecular complexity index is 800. The molecule has 0 aromatic carbocycles. The first-order valence-corrected chi connectivity index (χ1v) is 7.20. The van der Waals surface area contributed by atoms with Crippen LogP contribution in [0.25, 0.3) is 11.0 Å². The highest BCUT2D eigenvalue weighted by Crippen LogP contribution is 2.42. The zero-order valence-corrected chi connectivity index (χ0v) is 13.1. The third-order valence-electron chi connectivity index (χ3n) is 4.50. The minimum atomic E-state index is -1.12. The molecule has 1 aliphatic rings. The molecule has 1 aliphatic heterocycles. The van der Waals surface area contributed by atoms with Crippen molar-refractivity contribution in [2.24, 2.45) is 0 Å². The lowest BCUT2D eigenvalue weighted by atomic mass is 9.96. The molecule has 0 aliphatic carbocycles. The number of aliphatic hydroxyl groups is 2. The van der Waals surface area contributed by atoms with Crippen molar-refractivity contribution in [3.05, 3.63) is 22.1 Å². The summed E-state index contributed by atoms with van der Waals surface area (Å²) < 4.78 is 12.8. The summed E-state index contributed by atoms with van der Waals surface area (Å²) in [6, 6.07) is 0. The standard InChI is InChI=1S/C14H20N4O5/c1-6-4-18(10-8(6)11(21)17-13(15)16-10)12-14(2,22-3)9(20)7(5-19)23-12/h4,7,9,12,19-20H,5H2,1-3H3,(H3,15,16,17,21)/t7-,9?,12-,14?/m1/s1. The molecule has 2 aromatic rings. The molecule has 126 valence electrons. The van der Waals surface area contributed by atoms with Crippen LogP contribution in [0.5, 0.6) is 0 Å². The van der Waals surface area contributed by atoms with Crippen molar-refractivity contribution < 1.29 is 19.7 Å². The molecule has 3 rings (SSSR count). The van der Waals surface area contributed by atoms with Crippen molar-refractivity contribution in [1.82, 2.24) is 14.5 Å². The molecule has 23 heavy (non-hydrogen) atoms. The van der Waals surface area contributed by atoms with Crippen LogP contribution < -0.4 is 11.3 Å². The van der Waals surface area contributed by atoms with Gasteiger partial charge in [-0.15, -0.1) is 0 Å². The number of nitrogens with two attached hydrogens (primary N) is 1. The summed E-state index contributed by atoms with van der Waals surface area (Å²) in [7, 11) is 1.45. The second-order valence-corrected chi connectivity index (χ2v) is 5.91. The Morgan fingerprint density at radius 3 is 2.91 bits per heavy atom. The van der Waals surface area contributed by atoms with Gasteiger partial charge in [-0.3, -0.25) is 9.78 Å². The van der Waals surface area contributed by atoms with Crippen molar-refractivity contribution in [2.45, 2.75) is 37.9 Å². The molecule has 1 saturated heterocycles. The number of ether oxygens (including phenoxy) is 2. The molecule has 0 radical (unpaired) electrons. The van der Waals surface area contributed by atoms with Crippen LogP contribution in [-0.4, -0.2) is 56.3 Å². The van der Waals surface area contributed by atoms with Crippen molar-refractivity contribution >= 4 is 17.0 Å². The molecular weight excluding hydrogens is 304 g/mol. The maximum atomic E-state index is 12.1. The molecule has 9 heteroatoms. The summed E-state index contributed by atoms with van der Waals surface area (Å²) in [5.41, 5.74) is 5.20. The molecule has 4 atom stereocenters. The van der Waals surface area contributed by atoms with Crippen LogP contribution in [0, 0.1) is 6.92 Å². The van der Waals surface area contributed by atoms with E-state index in [1.54, 1.807) is 24.6 Å². The number of anilines is 1. The number of nitrogens with one attached hydrogen (secondary N) is 1. The molecular formula is C14H20N4O5. The number of fused-ring (bicyclic) bond motifs is 1. The van der Waals surface area contributed by atoms with Crippen molar-refractivity contribution in [3.8, 4) is 0 Å². The Morgan fingerprint density at radius 2 is 2.30 bits per heavy atom. The summed E-state index contributed by atoms with van der Waals surface area (Å²) >= 11 is 0. The topological polar surface area (TPSA) is 136 Å². The van der Waals surface area contributed by atoms with Gasteiger partial charge >= 0.3 is 0 Å². The van der Waals surface area contributed by atoms with Crippen molar-refractivity contribution in [2.75, 3.05) is 19.5 Å². The van der Waals surface area contributed by atoms with E-state index in [1.807, 2.05) is 0 Å². The second-order valence-electron chi connectivity index (χ2n) is 5.91. The predicted octanol–water partition coefficient (Wildman–Crippen LogP) is -0.729. The number of nitrogen functional groups attached to an aromatic ring is 1. The maximum Gasteiger partial charge on any atom is 0.262 e. The van der Waals surface area contributed by atoms with E-state index in [-0.39, 0.29) is 18.1 Å². The fourth-order valence-corrected chi connectivity index (χ4v) is 3.13. The first-order chi connectivity index (χ1) is 10.8. The van der Waals surface area contributed by atoms with E-state index >= 15 is 0 Å². The average molecular weight is 324 g/mol. The van der Waals surface area contributed by atoms with Gasteiger partial charge in [0.25, 0.3) is 5.56 Å². The number of hydrogen-bond acceptors (Lipinski definition) is 7. The number of aryl methyl sites for hydroxylation is 1. The van der Waals surface area contributed by atoms with Gasteiger partial charge in [-0.05, 0) is 19.4 Å². The number of aromatic nitrogens is 3. The normalized spacial score (nSPS) is 31.1. The van der Waals surface area contributed by atoms with Gasteiger partial charge in [-0.1, -0.05) is 0 Å². The summed E-state index contributed by atoms with van der Waals surface area (Å²) in [4.78, 5) is 18.8. The molecule has 3 heterocycles. The van der Waals surface area contributed by atoms with Crippen LogP contribution in [-0.2, 0) is 9.47 Å². The van der Waals surface area contributed by atoms with Crippen molar-refractivity contribution in [3.63, 3.8) is 0 Å². The number of aromatic amines is 1. The molecule has 2 aromatic heterocycles. The van der Waals surface area contributed by atoms with E-state index in [1.165, 1.54) is 7.11 Å². The Hall–Kier alpha value is -1.94. The van der Waals surface area contributed by atoms with Gasteiger partial charge in [-0.25, -0.2) is 0 Å². The Balaban J connectivity index is 2.22. The van der Waals surface area contributed by atoms with Gasteiger partial charge in [0.05, 0.1) is 12.0 Å². The molecule has 9 nitrogen and oxygen atoms in total. The lowest BCUT2D eigenvalue weighted by molar-refractivity contribution is -0.118. The molecule has 2 unspecified atom stereocenters. The Morgan fingerprint density at radius 1 is 1.61 bits per heavy atom.